The zero-order valence-electron chi connectivity index (χ0n) is 6.68. The predicted octanol–water partition coefficient (Wildman–Crippen LogP) is -0.277. The number of hydrogen-bond donors (Lipinski definition) is 0. The molecule has 2 aromatic rings. The minimum absolute atomic E-state index is 0. The van der Waals surface area contributed by atoms with Gasteiger partial charge < -0.3 is 12.4 Å². The van der Waals surface area contributed by atoms with E-state index in [-0.39, 0.29) is 12.4 Å². The number of hydrogen-bond acceptors (Lipinski definition) is 2. The van der Waals surface area contributed by atoms with E-state index in [0.717, 1.165) is 10.9 Å². The summed E-state index contributed by atoms with van der Waals surface area (Å²) in [7, 11) is 0. The molecule has 0 aliphatic rings. The van der Waals surface area contributed by atoms with Crippen LogP contribution in [-0.2, 0) is 0 Å². The van der Waals surface area contributed by atoms with Crippen molar-refractivity contribution >= 4 is 16.6 Å². The van der Waals surface area contributed by atoms with Crippen LogP contribution in [0.2, 0.25) is 0 Å². The van der Waals surface area contributed by atoms with Gasteiger partial charge >= 0.3 is 5.69 Å². The molecule has 0 radical (unpaired) electrons. The number of pyridine rings is 1. The molecule has 0 amide bonds. The second kappa shape index (κ2) is 3.83. The summed E-state index contributed by atoms with van der Waals surface area (Å²) in [5.41, 5.74) is 1.23. The van der Waals surface area contributed by atoms with Gasteiger partial charge in [0.05, 0.1) is 0 Å². The fraction of sp³-hybridized carbons (Fsp3) is 0. The van der Waals surface area contributed by atoms with Crippen LogP contribution in [0, 0.1) is 5.39 Å². The van der Waals surface area contributed by atoms with Gasteiger partial charge in [-0.05, 0) is 6.07 Å². The largest absolute Gasteiger partial charge is 1.00 e. The topological polar surface area (TPSA) is 41.0 Å². The molecule has 0 saturated carbocycles. The number of rotatable bonds is 0. The molecule has 13 heavy (non-hydrogen) atoms. The van der Waals surface area contributed by atoms with E-state index in [9.17, 15) is 0 Å². The number of diazo groups is 1. The van der Waals surface area contributed by atoms with Gasteiger partial charge in [0.15, 0.2) is 10.5 Å². The van der Waals surface area contributed by atoms with Crippen LogP contribution in [-0.4, -0.2) is 4.98 Å². The molecular formula is C9H6ClN3. The highest BCUT2D eigenvalue weighted by molar-refractivity contribution is 5.90. The van der Waals surface area contributed by atoms with Gasteiger partial charge in [0.2, 0.25) is 5.39 Å². The normalized spacial score (nSPS) is 8.85. The SMILES string of the molecule is N#[N+]c1cccc2cccnc12.[Cl-]. The third kappa shape index (κ3) is 1.58. The first-order valence-electron chi connectivity index (χ1n) is 3.60. The van der Waals surface area contributed by atoms with Crippen LogP contribution >= 0.6 is 0 Å². The summed E-state index contributed by atoms with van der Waals surface area (Å²) in [6.07, 6.45) is 1.68. The molecule has 0 spiro atoms. The van der Waals surface area contributed by atoms with E-state index in [0.29, 0.717) is 5.69 Å². The van der Waals surface area contributed by atoms with Gasteiger partial charge in [0, 0.05) is 17.6 Å². The van der Waals surface area contributed by atoms with Gasteiger partial charge in [-0.3, -0.25) is 0 Å². The molecule has 0 saturated heterocycles. The number of fused-ring (bicyclic) bond motifs is 1. The summed E-state index contributed by atoms with van der Waals surface area (Å²) in [5, 5.41) is 9.60. The first-order valence-corrected chi connectivity index (χ1v) is 3.60. The van der Waals surface area contributed by atoms with Crippen molar-refractivity contribution in [3.8, 4) is 0 Å². The van der Waals surface area contributed by atoms with E-state index >= 15 is 0 Å². The van der Waals surface area contributed by atoms with Crippen LogP contribution < -0.4 is 12.4 Å². The van der Waals surface area contributed by atoms with Gasteiger partial charge in [-0.2, -0.15) is 0 Å². The molecule has 0 bridgehead atoms. The average Bonchev–Trinajstić information content (AvgIpc) is 2.17. The fourth-order valence-electron chi connectivity index (χ4n) is 1.17. The van der Waals surface area contributed by atoms with Gasteiger partial charge in [-0.25, -0.2) is 4.98 Å². The van der Waals surface area contributed by atoms with Gasteiger partial charge in [0.25, 0.3) is 0 Å². The smallest absolute Gasteiger partial charge is 0.410 e. The molecule has 64 valence electrons. The lowest BCUT2D eigenvalue weighted by molar-refractivity contribution is -0.00000263. The minimum Gasteiger partial charge on any atom is -1.00 e. The van der Waals surface area contributed by atoms with Crippen LogP contribution in [0.3, 0.4) is 0 Å². The Balaban J connectivity index is 0.000000845. The number of nitrogens with zero attached hydrogens (tertiary/aromatic N) is 3. The lowest BCUT2D eigenvalue weighted by Gasteiger charge is -1.89. The Morgan fingerprint density at radius 1 is 1.15 bits per heavy atom. The molecule has 0 fully saturated rings. The van der Waals surface area contributed by atoms with Crippen LogP contribution in [0.15, 0.2) is 36.5 Å². The molecule has 0 atom stereocenters. The molecule has 4 heteroatoms. The Hall–Kier alpha value is -1.66. The van der Waals surface area contributed by atoms with Crippen molar-refractivity contribution in [1.29, 1.82) is 5.39 Å². The summed E-state index contributed by atoms with van der Waals surface area (Å²) >= 11 is 0. The first-order chi connectivity index (χ1) is 5.92. The molecule has 0 aliphatic carbocycles. The zero-order valence-corrected chi connectivity index (χ0v) is 7.44. The van der Waals surface area contributed by atoms with Crippen molar-refractivity contribution in [1.82, 2.24) is 4.98 Å². The second-order valence-corrected chi connectivity index (χ2v) is 2.45. The van der Waals surface area contributed by atoms with Crippen LogP contribution in [0.5, 0.6) is 0 Å². The Morgan fingerprint density at radius 2 is 1.92 bits per heavy atom. The summed E-state index contributed by atoms with van der Waals surface area (Å²) in [6, 6.07) is 9.26. The molecule has 0 unspecified atom stereocenters. The van der Waals surface area contributed by atoms with Crippen LogP contribution in [0.4, 0.5) is 5.69 Å². The van der Waals surface area contributed by atoms with E-state index in [4.69, 9.17) is 5.39 Å². The summed E-state index contributed by atoms with van der Waals surface area (Å²) in [5.74, 6) is 0. The monoisotopic (exact) mass is 191 g/mol. The minimum atomic E-state index is 0. The van der Waals surface area contributed by atoms with Crippen molar-refractivity contribution < 1.29 is 12.4 Å². The first kappa shape index (κ1) is 9.43. The summed E-state index contributed by atoms with van der Waals surface area (Å²) < 4.78 is 0. The van der Waals surface area contributed by atoms with E-state index in [1.54, 1.807) is 12.3 Å². The van der Waals surface area contributed by atoms with E-state index in [1.165, 1.54) is 0 Å². The molecule has 3 nitrogen and oxygen atoms in total. The molecule has 1 aromatic carbocycles. The number of para-hydroxylation sites is 1. The Labute approximate surface area is 81.4 Å². The average molecular weight is 192 g/mol. The zero-order chi connectivity index (χ0) is 8.39. The standard InChI is InChI=1S/C9H6N3.ClH/c10-12-8-5-1-3-7-4-2-6-11-9(7)8;/h1-6H;1H/q+1;/p-1. The molecule has 0 N–H and O–H groups in total. The maximum Gasteiger partial charge on any atom is 0.410 e. The third-order valence-corrected chi connectivity index (χ3v) is 1.72. The fourth-order valence-corrected chi connectivity index (χ4v) is 1.17. The molecule has 1 heterocycles. The van der Waals surface area contributed by atoms with Gasteiger partial charge in [0.1, 0.15) is 0 Å². The third-order valence-electron chi connectivity index (χ3n) is 1.72. The quantitative estimate of drug-likeness (QED) is 0.538. The second-order valence-electron chi connectivity index (χ2n) is 2.45. The maximum absolute atomic E-state index is 8.62. The predicted molar refractivity (Wildman–Crippen MR) is 46.5 cm³/mol. The number of benzene rings is 1. The van der Waals surface area contributed by atoms with Gasteiger partial charge in [-0.15, -0.1) is 0 Å². The summed E-state index contributed by atoms with van der Waals surface area (Å²) in [6.45, 7) is 0. The highest BCUT2D eigenvalue weighted by Gasteiger charge is 2.10. The molecule has 1 aromatic heterocycles. The van der Waals surface area contributed by atoms with Crippen molar-refractivity contribution in [2.24, 2.45) is 0 Å². The van der Waals surface area contributed by atoms with Crippen LogP contribution in [0.1, 0.15) is 0 Å². The summed E-state index contributed by atoms with van der Waals surface area (Å²) in [4.78, 5) is 7.23. The number of halogens is 1. The highest BCUT2D eigenvalue weighted by atomic mass is 35.5. The van der Waals surface area contributed by atoms with Crippen LogP contribution in [0.25, 0.3) is 15.9 Å². The van der Waals surface area contributed by atoms with Crippen molar-refractivity contribution in [3.63, 3.8) is 0 Å². The highest BCUT2D eigenvalue weighted by Crippen LogP contribution is 2.22. The molecule has 0 aliphatic heterocycles. The van der Waals surface area contributed by atoms with Crippen molar-refractivity contribution in [3.05, 3.63) is 41.5 Å². The van der Waals surface area contributed by atoms with E-state index in [1.807, 2.05) is 24.3 Å². The van der Waals surface area contributed by atoms with E-state index < -0.39 is 0 Å². The Bertz CT molecular complexity index is 456. The van der Waals surface area contributed by atoms with Crippen molar-refractivity contribution in [2.75, 3.05) is 0 Å². The lowest BCUT2D eigenvalue weighted by Crippen LogP contribution is -3.00. The van der Waals surface area contributed by atoms with Crippen molar-refractivity contribution in [2.45, 2.75) is 0 Å². The Kier molecular flexibility index (Phi) is 2.78. The molecular weight excluding hydrogens is 186 g/mol. The molecule has 2 rings (SSSR count). The maximum atomic E-state index is 8.62. The number of aromatic nitrogens is 1. The Morgan fingerprint density at radius 3 is 2.69 bits per heavy atom. The lowest BCUT2D eigenvalue weighted by atomic mass is 10.2. The van der Waals surface area contributed by atoms with E-state index in [2.05, 4.69) is 9.96 Å². The van der Waals surface area contributed by atoms with Gasteiger partial charge in [-0.1, -0.05) is 18.2 Å².